The summed E-state index contributed by atoms with van der Waals surface area (Å²) in [5, 5.41) is 0. The highest BCUT2D eigenvalue weighted by atomic mass is 127. The predicted molar refractivity (Wildman–Crippen MR) is 104 cm³/mol. The van der Waals surface area contributed by atoms with Crippen LogP contribution in [-0.4, -0.2) is 56.7 Å². The van der Waals surface area contributed by atoms with Crippen LogP contribution in [0, 0.1) is 0 Å². The number of sulfone groups is 1. The molecular weight excluding hydrogens is 433 g/mol. The van der Waals surface area contributed by atoms with Gasteiger partial charge in [-0.05, 0) is 24.1 Å². The molecule has 1 fully saturated rings. The summed E-state index contributed by atoms with van der Waals surface area (Å²) in [6.45, 7) is 2.54. The first kappa shape index (κ1) is 19.6. The second kappa shape index (κ2) is 8.97. The largest absolute Gasteiger partial charge is 0.370 e. The Morgan fingerprint density at radius 2 is 1.86 bits per heavy atom. The lowest BCUT2D eigenvalue weighted by Gasteiger charge is -2.27. The number of guanidine groups is 1. The molecule has 5 nitrogen and oxygen atoms in total. The van der Waals surface area contributed by atoms with Crippen molar-refractivity contribution in [1.29, 1.82) is 0 Å². The monoisotopic (exact) mass is 455 g/mol. The number of nitrogens with zero attached hydrogens (tertiary/aromatic N) is 2. The minimum absolute atomic E-state index is 0. The van der Waals surface area contributed by atoms with Gasteiger partial charge < -0.3 is 10.6 Å². The number of halogens is 1. The summed E-state index contributed by atoms with van der Waals surface area (Å²) in [4.78, 5) is 6.87. The molecule has 22 heavy (non-hydrogen) atoms. The lowest BCUT2D eigenvalue weighted by atomic mass is 10.1. The van der Waals surface area contributed by atoms with E-state index < -0.39 is 9.84 Å². The van der Waals surface area contributed by atoms with Crippen LogP contribution in [0.1, 0.15) is 5.56 Å². The van der Waals surface area contributed by atoms with Crippen molar-refractivity contribution in [2.24, 2.45) is 10.7 Å². The van der Waals surface area contributed by atoms with Crippen LogP contribution in [0.25, 0.3) is 0 Å². The van der Waals surface area contributed by atoms with Crippen LogP contribution < -0.4 is 5.73 Å². The third-order valence-electron chi connectivity index (χ3n) is 3.36. The highest BCUT2D eigenvalue weighted by molar-refractivity contribution is 14.0. The van der Waals surface area contributed by atoms with Crippen LogP contribution in [0.4, 0.5) is 0 Å². The first-order valence-corrected chi connectivity index (χ1v) is 9.93. The van der Waals surface area contributed by atoms with Gasteiger partial charge in [0, 0.05) is 37.4 Å². The van der Waals surface area contributed by atoms with E-state index in [0.29, 0.717) is 17.4 Å². The fraction of sp³-hybridized carbons (Fsp3) is 0.500. The smallest absolute Gasteiger partial charge is 0.191 e. The average Bonchev–Trinajstić information content (AvgIpc) is 2.47. The third kappa shape index (κ3) is 5.96. The molecule has 0 spiro atoms. The van der Waals surface area contributed by atoms with Crippen LogP contribution >= 0.6 is 35.7 Å². The standard InChI is InChI=1S/C14H21N3O2S2.HI/c1-21(18,19)13-4-2-12(3-5-13)6-7-16-14(15)17-8-10-20-11-9-17;/h2-5H,6-11H2,1H3,(H2,15,16);1H. The number of aliphatic imine (C=N–C) groups is 1. The number of nitrogens with two attached hydrogens (primary N) is 1. The summed E-state index contributed by atoms with van der Waals surface area (Å²) in [7, 11) is -3.12. The van der Waals surface area contributed by atoms with Crippen molar-refractivity contribution in [2.75, 3.05) is 37.4 Å². The molecule has 0 bridgehead atoms. The SMILES string of the molecule is CS(=O)(=O)c1ccc(CCN=C(N)N2CCSCC2)cc1.I. The maximum atomic E-state index is 11.4. The molecule has 2 rings (SSSR count). The van der Waals surface area contributed by atoms with E-state index in [1.165, 1.54) is 6.26 Å². The Morgan fingerprint density at radius 1 is 1.27 bits per heavy atom. The molecule has 0 aromatic heterocycles. The third-order valence-corrected chi connectivity index (χ3v) is 5.43. The van der Waals surface area contributed by atoms with Gasteiger partial charge in [0.2, 0.25) is 0 Å². The van der Waals surface area contributed by atoms with Gasteiger partial charge in [-0.15, -0.1) is 24.0 Å². The molecule has 1 aromatic rings. The lowest BCUT2D eigenvalue weighted by molar-refractivity contribution is 0.456. The molecule has 0 radical (unpaired) electrons. The summed E-state index contributed by atoms with van der Waals surface area (Å²) in [6, 6.07) is 6.94. The van der Waals surface area contributed by atoms with E-state index in [9.17, 15) is 8.42 Å². The minimum Gasteiger partial charge on any atom is -0.370 e. The van der Waals surface area contributed by atoms with E-state index in [4.69, 9.17) is 5.73 Å². The minimum atomic E-state index is -3.12. The van der Waals surface area contributed by atoms with Crippen molar-refractivity contribution in [2.45, 2.75) is 11.3 Å². The second-order valence-corrected chi connectivity index (χ2v) is 8.25. The predicted octanol–water partition coefficient (Wildman–Crippen LogP) is 1.61. The maximum Gasteiger partial charge on any atom is 0.191 e. The number of thioether (sulfide) groups is 1. The zero-order valence-corrected chi connectivity index (χ0v) is 16.5. The van der Waals surface area contributed by atoms with Gasteiger partial charge in [-0.25, -0.2) is 8.42 Å². The Hall–Kier alpha value is -0.480. The molecule has 1 saturated heterocycles. The van der Waals surface area contributed by atoms with Crippen molar-refractivity contribution in [3.05, 3.63) is 29.8 Å². The first-order valence-electron chi connectivity index (χ1n) is 6.88. The van der Waals surface area contributed by atoms with E-state index >= 15 is 0 Å². The molecule has 0 unspecified atom stereocenters. The van der Waals surface area contributed by atoms with Gasteiger partial charge in [0.25, 0.3) is 0 Å². The van der Waals surface area contributed by atoms with Crippen LogP contribution in [0.2, 0.25) is 0 Å². The lowest BCUT2D eigenvalue weighted by Crippen LogP contribution is -2.42. The molecule has 1 aliphatic rings. The summed E-state index contributed by atoms with van der Waals surface area (Å²) >= 11 is 1.94. The highest BCUT2D eigenvalue weighted by Gasteiger charge is 2.11. The van der Waals surface area contributed by atoms with E-state index in [0.717, 1.165) is 36.6 Å². The van der Waals surface area contributed by atoms with Gasteiger partial charge in [0.15, 0.2) is 15.8 Å². The Balaban J connectivity index is 0.00000242. The zero-order chi connectivity index (χ0) is 15.3. The van der Waals surface area contributed by atoms with E-state index in [2.05, 4.69) is 9.89 Å². The summed E-state index contributed by atoms with van der Waals surface area (Å²) in [5.74, 6) is 2.81. The van der Waals surface area contributed by atoms with Crippen LogP contribution in [0.15, 0.2) is 34.2 Å². The first-order chi connectivity index (χ1) is 9.97. The maximum absolute atomic E-state index is 11.4. The Labute approximate surface area is 153 Å². The molecule has 2 N–H and O–H groups in total. The molecule has 8 heteroatoms. The molecule has 1 aromatic carbocycles. The quantitative estimate of drug-likeness (QED) is 0.424. The fourth-order valence-corrected chi connectivity index (χ4v) is 3.63. The van der Waals surface area contributed by atoms with Crippen molar-refractivity contribution in [3.63, 3.8) is 0 Å². The molecule has 0 saturated carbocycles. The van der Waals surface area contributed by atoms with E-state index in [1.54, 1.807) is 12.1 Å². The topological polar surface area (TPSA) is 75.8 Å². The van der Waals surface area contributed by atoms with E-state index in [-0.39, 0.29) is 24.0 Å². The molecule has 0 amide bonds. The summed E-state index contributed by atoms with van der Waals surface area (Å²) < 4.78 is 22.8. The summed E-state index contributed by atoms with van der Waals surface area (Å²) in [5.41, 5.74) is 7.04. The molecule has 1 heterocycles. The second-order valence-electron chi connectivity index (χ2n) is 5.01. The average molecular weight is 455 g/mol. The van der Waals surface area contributed by atoms with Crippen molar-refractivity contribution >= 4 is 51.5 Å². The van der Waals surface area contributed by atoms with Crippen LogP contribution in [-0.2, 0) is 16.3 Å². The van der Waals surface area contributed by atoms with Gasteiger partial charge >= 0.3 is 0 Å². The normalized spacial score (nSPS) is 16.2. The van der Waals surface area contributed by atoms with Gasteiger partial charge in [-0.2, -0.15) is 11.8 Å². The van der Waals surface area contributed by atoms with Gasteiger partial charge in [0.05, 0.1) is 4.90 Å². The van der Waals surface area contributed by atoms with Crippen molar-refractivity contribution in [1.82, 2.24) is 4.90 Å². The van der Waals surface area contributed by atoms with Crippen molar-refractivity contribution < 1.29 is 8.42 Å². The Bertz CT molecular complexity index is 597. The van der Waals surface area contributed by atoms with Crippen LogP contribution in [0.5, 0.6) is 0 Å². The number of hydrogen-bond acceptors (Lipinski definition) is 4. The van der Waals surface area contributed by atoms with Gasteiger partial charge in [0.1, 0.15) is 0 Å². The summed E-state index contributed by atoms with van der Waals surface area (Å²) in [6.07, 6.45) is 1.97. The molecule has 1 aliphatic heterocycles. The van der Waals surface area contributed by atoms with E-state index in [1.807, 2.05) is 23.9 Å². The van der Waals surface area contributed by atoms with Gasteiger partial charge in [-0.1, -0.05) is 12.1 Å². The molecule has 0 aliphatic carbocycles. The Morgan fingerprint density at radius 3 is 2.41 bits per heavy atom. The number of hydrogen-bond donors (Lipinski definition) is 1. The molecule has 0 atom stereocenters. The molecule has 124 valence electrons. The highest BCUT2D eigenvalue weighted by Crippen LogP contribution is 2.11. The molecular formula is C14H22IN3O2S2. The zero-order valence-electron chi connectivity index (χ0n) is 12.6. The number of rotatable bonds is 4. The fourth-order valence-electron chi connectivity index (χ4n) is 2.10. The van der Waals surface area contributed by atoms with Crippen LogP contribution in [0.3, 0.4) is 0 Å². The van der Waals surface area contributed by atoms with Crippen molar-refractivity contribution in [3.8, 4) is 0 Å². The van der Waals surface area contributed by atoms with Gasteiger partial charge in [-0.3, -0.25) is 4.99 Å². The Kier molecular flexibility index (Phi) is 7.98. The number of benzene rings is 1.